The molecule has 0 saturated carbocycles. The van der Waals surface area contributed by atoms with E-state index in [1.165, 1.54) is 103 Å². The number of hydrogen-bond donors (Lipinski definition) is 0. The average Bonchev–Trinajstić information content (AvgIpc) is 2.91. The summed E-state index contributed by atoms with van der Waals surface area (Å²) in [5.74, 6) is -0.278. The van der Waals surface area contributed by atoms with Crippen LogP contribution in [0.25, 0.3) is 0 Å². The quantitative estimate of drug-likeness (QED) is 0.0644. The van der Waals surface area contributed by atoms with Crippen molar-refractivity contribution in [3.8, 4) is 0 Å². The maximum atomic E-state index is 11.8. The predicted octanol–water partition coefficient (Wildman–Crippen LogP) is 8.73. The Hall–Kier alpha value is -1.14. The highest BCUT2D eigenvalue weighted by Gasteiger charge is 2.04. The summed E-state index contributed by atoms with van der Waals surface area (Å²) in [6.45, 7) is 6.63. The average molecular weight is 543 g/mol. The van der Waals surface area contributed by atoms with Gasteiger partial charge in [0.05, 0.1) is 26.4 Å². The molecule has 0 atom stereocenters. The van der Waals surface area contributed by atoms with E-state index in [0.717, 1.165) is 25.7 Å². The molecule has 0 aromatic heterocycles. The Morgan fingerprint density at radius 3 is 0.947 bits per heavy atom. The van der Waals surface area contributed by atoms with E-state index in [1.54, 1.807) is 0 Å². The van der Waals surface area contributed by atoms with Gasteiger partial charge in [-0.2, -0.15) is 0 Å². The fraction of sp³-hybridized carbons (Fsp3) is 0.938. The zero-order chi connectivity index (χ0) is 27.8. The van der Waals surface area contributed by atoms with Crippen LogP contribution in [-0.2, 0) is 28.5 Å². The molecule has 226 valence electrons. The van der Waals surface area contributed by atoms with Crippen LogP contribution in [0.1, 0.15) is 155 Å². The second-order valence-corrected chi connectivity index (χ2v) is 10.5. The van der Waals surface area contributed by atoms with E-state index >= 15 is 0 Å². The number of rotatable bonds is 31. The number of unbranched alkanes of at least 4 members (excludes halogenated alkanes) is 18. The minimum atomic E-state index is -0.146. The molecule has 0 aromatic carbocycles. The molecule has 0 N–H and O–H groups in total. The van der Waals surface area contributed by atoms with Crippen LogP contribution >= 0.6 is 0 Å². The molecular formula is C32H62O6. The van der Waals surface area contributed by atoms with Crippen LogP contribution in [0.4, 0.5) is 0 Å². The van der Waals surface area contributed by atoms with Crippen molar-refractivity contribution < 1.29 is 28.5 Å². The summed E-state index contributed by atoms with van der Waals surface area (Å²) in [4.78, 5) is 23.4. The van der Waals surface area contributed by atoms with Gasteiger partial charge in [-0.05, 0) is 12.8 Å². The standard InChI is InChI=1S/C32H62O6/c1-3-5-7-9-10-11-12-13-14-15-16-17-18-20-22-24-32(34)38-30-28-36-26-25-35-27-29-37-31(33)23-21-19-8-6-4-2/h3-30H2,1-2H3. The minimum absolute atomic E-state index is 0.133. The summed E-state index contributed by atoms with van der Waals surface area (Å²) in [7, 11) is 0. The second-order valence-electron chi connectivity index (χ2n) is 10.5. The number of carbonyl (C=O) groups is 2. The lowest BCUT2D eigenvalue weighted by Crippen LogP contribution is -2.15. The van der Waals surface area contributed by atoms with Crippen molar-refractivity contribution in [1.29, 1.82) is 0 Å². The van der Waals surface area contributed by atoms with Crippen molar-refractivity contribution in [2.24, 2.45) is 0 Å². The van der Waals surface area contributed by atoms with E-state index in [2.05, 4.69) is 13.8 Å². The summed E-state index contributed by atoms with van der Waals surface area (Å²) in [6, 6.07) is 0. The molecule has 38 heavy (non-hydrogen) atoms. The summed E-state index contributed by atoms with van der Waals surface area (Å²) in [5.41, 5.74) is 0. The van der Waals surface area contributed by atoms with Crippen LogP contribution in [0.2, 0.25) is 0 Å². The topological polar surface area (TPSA) is 71.1 Å². The van der Waals surface area contributed by atoms with Gasteiger partial charge in [-0.3, -0.25) is 9.59 Å². The van der Waals surface area contributed by atoms with Gasteiger partial charge in [0.1, 0.15) is 13.2 Å². The summed E-state index contributed by atoms with van der Waals surface area (Å²) < 4.78 is 21.2. The second kappa shape index (κ2) is 32.1. The molecule has 0 radical (unpaired) electrons. The first-order valence-corrected chi connectivity index (χ1v) is 16.2. The molecule has 6 nitrogen and oxygen atoms in total. The smallest absolute Gasteiger partial charge is 0.305 e. The Kier molecular flexibility index (Phi) is 31.1. The van der Waals surface area contributed by atoms with Crippen molar-refractivity contribution in [1.82, 2.24) is 0 Å². The lowest BCUT2D eigenvalue weighted by Gasteiger charge is -2.08. The van der Waals surface area contributed by atoms with Crippen LogP contribution < -0.4 is 0 Å². The van der Waals surface area contributed by atoms with Crippen LogP contribution in [0.15, 0.2) is 0 Å². The number of esters is 2. The molecule has 0 aliphatic rings. The van der Waals surface area contributed by atoms with Gasteiger partial charge in [0, 0.05) is 12.8 Å². The molecule has 0 rings (SSSR count). The van der Waals surface area contributed by atoms with E-state index in [4.69, 9.17) is 18.9 Å². The van der Waals surface area contributed by atoms with Gasteiger partial charge < -0.3 is 18.9 Å². The Balaban J connectivity index is 3.21. The highest BCUT2D eigenvalue weighted by molar-refractivity contribution is 5.69. The molecule has 0 fully saturated rings. The molecule has 0 aromatic rings. The third-order valence-electron chi connectivity index (χ3n) is 6.82. The van der Waals surface area contributed by atoms with E-state index in [0.29, 0.717) is 39.3 Å². The summed E-state index contributed by atoms with van der Waals surface area (Å²) >= 11 is 0. The Morgan fingerprint density at radius 1 is 0.368 bits per heavy atom. The van der Waals surface area contributed by atoms with E-state index in [-0.39, 0.29) is 25.2 Å². The van der Waals surface area contributed by atoms with Crippen LogP contribution in [0.5, 0.6) is 0 Å². The maximum Gasteiger partial charge on any atom is 0.305 e. The first-order valence-electron chi connectivity index (χ1n) is 16.2. The van der Waals surface area contributed by atoms with Crippen LogP contribution in [0, 0.1) is 0 Å². The molecule has 6 heteroatoms. The van der Waals surface area contributed by atoms with Crippen molar-refractivity contribution in [3.63, 3.8) is 0 Å². The van der Waals surface area contributed by atoms with Gasteiger partial charge >= 0.3 is 11.9 Å². The van der Waals surface area contributed by atoms with Gasteiger partial charge in [0.25, 0.3) is 0 Å². The first kappa shape index (κ1) is 36.9. The maximum absolute atomic E-state index is 11.8. The van der Waals surface area contributed by atoms with Crippen LogP contribution in [-0.4, -0.2) is 51.6 Å². The van der Waals surface area contributed by atoms with Crippen LogP contribution in [0.3, 0.4) is 0 Å². The molecule has 0 saturated heterocycles. The highest BCUT2D eigenvalue weighted by atomic mass is 16.6. The first-order chi connectivity index (χ1) is 18.7. The minimum Gasteiger partial charge on any atom is -0.463 e. The van der Waals surface area contributed by atoms with Crippen molar-refractivity contribution in [2.45, 2.75) is 155 Å². The van der Waals surface area contributed by atoms with Gasteiger partial charge in [-0.1, -0.05) is 129 Å². The fourth-order valence-corrected chi connectivity index (χ4v) is 4.41. The number of hydrogen-bond acceptors (Lipinski definition) is 6. The predicted molar refractivity (Wildman–Crippen MR) is 156 cm³/mol. The van der Waals surface area contributed by atoms with Gasteiger partial charge in [-0.15, -0.1) is 0 Å². The largest absolute Gasteiger partial charge is 0.463 e. The Bertz CT molecular complexity index is 496. The molecule has 0 bridgehead atoms. The van der Waals surface area contributed by atoms with Gasteiger partial charge in [-0.25, -0.2) is 0 Å². The molecule has 0 aliphatic heterocycles. The lowest BCUT2D eigenvalue weighted by atomic mass is 10.0. The normalized spacial score (nSPS) is 11.1. The van der Waals surface area contributed by atoms with E-state index in [1.807, 2.05) is 0 Å². The SMILES string of the molecule is CCCCCCCCCCCCCCCCCC(=O)OCCOCCOCCOC(=O)CCCCCCC. The summed E-state index contributed by atoms with van der Waals surface area (Å²) in [5, 5.41) is 0. The third-order valence-corrected chi connectivity index (χ3v) is 6.82. The molecule has 0 heterocycles. The highest BCUT2D eigenvalue weighted by Crippen LogP contribution is 2.14. The van der Waals surface area contributed by atoms with Gasteiger partial charge in [0.2, 0.25) is 0 Å². The monoisotopic (exact) mass is 542 g/mol. The Morgan fingerprint density at radius 2 is 0.632 bits per heavy atom. The third kappa shape index (κ3) is 31.1. The molecule has 0 spiro atoms. The fourth-order valence-electron chi connectivity index (χ4n) is 4.41. The zero-order valence-electron chi connectivity index (χ0n) is 25.2. The lowest BCUT2D eigenvalue weighted by molar-refractivity contribution is -0.147. The van der Waals surface area contributed by atoms with Gasteiger partial charge in [0.15, 0.2) is 0 Å². The van der Waals surface area contributed by atoms with E-state index < -0.39 is 0 Å². The molecular weight excluding hydrogens is 480 g/mol. The van der Waals surface area contributed by atoms with E-state index in [9.17, 15) is 9.59 Å². The van der Waals surface area contributed by atoms with Crippen molar-refractivity contribution in [3.05, 3.63) is 0 Å². The molecule has 0 aliphatic carbocycles. The summed E-state index contributed by atoms with van der Waals surface area (Å²) in [6.07, 6.45) is 26.4. The number of carbonyl (C=O) groups excluding carboxylic acids is 2. The zero-order valence-corrected chi connectivity index (χ0v) is 25.2. The molecule has 0 unspecified atom stereocenters. The molecule has 0 amide bonds. The number of ether oxygens (including phenoxy) is 4. The van der Waals surface area contributed by atoms with Crippen molar-refractivity contribution in [2.75, 3.05) is 39.6 Å². The van der Waals surface area contributed by atoms with Crippen molar-refractivity contribution >= 4 is 11.9 Å². The Labute approximate surface area is 235 Å².